The van der Waals surface area contributed by atoms with Gasteiger partial charge in [-0.15, -0.1) is 0 Å². The normalized spacial score (nSPS) is 22.7. The van der Waals surface area contributed by atoms with Gasteiger partial charge >= 0.3 is 17.1 Å². The zero-order chi connectivity index (χ0) is 23.3. The molecule has 1 saturated heterocycles. The molecule has 0 radical (unpaired) electrons. The predicted molar refractivity (Wildman–Crippen MR) is 109 cm³/mol. The number of aromatic amines is 1. The Morgan fingerprint density at radius 2 is 1.94 bits per heavy atom. The van der Waals surface area contributed by atoms with Crippen LogP contribution in [-0.2, 0) is 35.9 Å². The van der Waals surface area contributed by atoms with Crippen molar-refractivity contribution in [2.24, 2.45) is 7.05 Å². The van der Waals surface area contributed by atoms with E-state index in [2.05, 4.69) is 10.1 Å². The third-order valence-electron chi connectivity index (χ3n) is 4.48. The number of carbonyl (C=O) groups excluding carboxylic acids is 2. The standard InChI is InChI=1S/C17H22N4O8S2/c1-17(2,3)29-15(25)9-8(6-30-16-18-11(22)12(23)19-20(16)4)7-31(26,27)14-10(28-5)13(24)21(9)14/h10,14H,6-7H2,1-5H3,(H,19,23)/t10-,14?/m0/s1. The van der Waals surface area contributed by atoms with Gasteiger partial charge in [-0.1, -0.05) is 11.8 Å². The molecule has 1 fully saturated rings. The van der Waals surface area contributed by atoms with Gasteiger partial charge in [0.15, 0.2) is 26.5 Å². The second-order valence-electron chi connectivity index (χ2n) is 8.00. The Morgan fingerprint density at radius 3 is 2.52 bits per heavy atom. The van der Waals surface area contributed by atoms with Gasteiger partial charge in [0.2, 0.25) is 0 Å². The number of rotatable bonds is 5. The third kappa shape index (κ3) is 4.32. The van der Waals surface area contributed by atoms with Crippen LogP contribution in [-0.4, -0.2) is 75.7 Å². The van der Waals surface area contributed by atoms with Crippen molar-refractivity contribution >= 4 is 33.5 Å². The molecule has 1 amide bonds. The smallest absolute Gasteiger partial charge is 0.355 e. The number of carbonyl (C=O) groups is 2. The number of sulfone groups is 1. The Morgan fingerprint density at radius 1 is 1.29 bits per heavy atom. The molecule has 3 rings (SSSR count). The van der Waals surface area contributed by atoms with Crippen LogP contribution in [0.4, 0.5) is 0 Å². The zero-order valence-corrected chi connectivity index (χ0v) is 19.1. The number of H-pyrrole nitrogens is 1. The lowest BCUT2D eigenvalue weighted by atomic mass is 10.1. The van der Waals surface area contributed by atoms with Gasteiger partial charge in [0.25, 0.3) is 5.91 Å². The molecule has 1 aromatic heterocycles. The van der Waals surface area contributed by atoms with Crippen molar-refractivity contribution in [2.75, 3.05) is 18.6 Å². The summed E-state index contributed by atoms with van der Waals surface area (Å²) in [5, 5.41) is 1.08. The average Bonchev–Trinajstić information content (AvgIpc) is 2.62. The molecular formula is C17H22N4O8S2. The zero-order valence-electron chi connectivity index (χ0n) is 17.5. The monoisotopic (exact) mass is 474 g/mol. The van der Waals surface area contributed by atoms with Crippen molar-refractivity contribution < 1.29 is 27.5 Å². The number of thioether (sulfide) groups is 1. The first-order chi connectivity index (χ1) is 14.3. The minimum Gasteiger partial charge on any atom is -0.455 e. The summed E-state index contributed by atoms with van der Waals surface area (Å²) in [4.78, 5) is 52.9. The van der Waals surface area contributed by atoms with Gasteiger partial charge in [0.05, 0.1) is 5.75 Å². The highest BCUT2D eigenvalue weighted by Gasteiger charge is 2.60. The summed E-state index contributed by atoms with van der Waals surface area (Å²) in [6.07, 6.45) is -1.20. The molecule has 1 N–H and O–H groups in total. The highest BCUT2D eigenvalue weighted by atomic mass is 32.2. The molecule has 0 aliphatic carbocycles. The van der Waals surface area contributed by atoms with Crippen molar-refractivity contribution in [2.45, 2.75) is 43.0 Å². The van der Waals surface area contributed by atoms with Crippen LogP contribution >= 0.6 is 11.8 Å². The summed E-state index contributed by atoms with van der Waals surface area (Å²) < 4.78 is 37.2. The van der Waals surface area contributed by atoms with E-state index >= 15 is 0 Å². The molecule has 1 unspecified atom stereocenters. The van der Waals surface area contributed by atoms with E-state index in [1.165, 1.54) is 18.8 Å². The number of nitrogens with zero attached hydrogens (tertiary/aromatic N) is 3. The van der Waals surface area contributed by atoms with Crippen LogP contribution in [0.25, 0.3) is 0 Å². The van der Waals surface area contributed by atoms with E-state index in [1.807, 2.05) is 0 Å². The first-order valence-corrected chi connectivity index (χ1v) is 11.8. The van der Waals surface area contributed by atoms with Crippen molar-refractivity contribution in [3.63, 3.8) is 0 Å². The molecular weight excluding hydrogens is 452 g/mol. The molecule has 12 nitrogen and oxygen atoms in total. The van der Waals surface area contributed by atoms with Gasteiger partial charge < -0.3 is 9.47 Å². The lowest BCUT2D eigenvalue weighted by molar-refractivity contribution is -0.167. The van der Waals surface area contributed by atoms with Gasteiger partial charge in [-0.2, -0.15) is 4.98 Å². The van der Waals surface area contributed by atoms with Gasteiger partial charge in [0.1, 0.15) is 11.3 Å². The quantitative estimate of drug-likeness (QED) is 0.237. The Hall–Kier alpha value is -2.45. The highest BCUT2D eigenvalue weighted by molar-refractivity contribution is 7.99. The van der Waals surface area contributed by atoms with E-state index in [0.29, 0.717) is 0 Å². The fraction of sp³-hybridized carbons (Fsp3) is 0.588. The van der Waals surface area contributed by atoms with Gasteiger partial charge in [-0.25, -0.2) is 13.2 Å². The largest absolute Gasteiger partial charge is 0.455 e. The minimum absolute atomic E-state index is 0.0890. The van der Waals surface area contributed by atoms with Crippen molar-refractivity contribution in [3.8, 4) is 0 Å². The Kier molecular flexibility index (Phi) is 5.92. The van der Waals surface area contributed by atoms with E-state index in [9.17, 15) is 27.6 Å². The summed E-state index contributed by atoms with van der Waals surface area (Å²) in [7, 11) is -1.18. The summed E-state index contributed by atoms with van der Waals surface area (Å²) >= 11 is 0.934. The number of aromatic nitrogens is 3. The second kappa shape index (κ2) is 7.91. The van der Waals surface area contributed by atoms with Crippen molar-refractivity contribution in [1.82, 2.24) is 19.7 Å². The van der Waals surface area contributed by atoms with E-state index in [4.69, 9.17) is 9.47 Å². The number of fused-ring (bicyclic) bond motifs is 1. The number of β-lactam (4-membered cyclic amide) rings is 1. The summed E-state index contributed by atoms with van der Waals surface area (Å²) in [6.45, 7) is 4.94. The lowest BCUT2D eigenvalue weighted by Crippen LogP contribution is -2.70. The van der Waals surface area contributed by atoms with E-state index < -0.39 is 55.7 Å². The molecule has 14 heteroatoms. The molecule has 2 aliphatic heterocycles. The molecule has 170 valence electrons. The Balaban J connectivity index is 2.04. The highest BCUT2D eigenvalue weighted by Crippen LogP contribution is 2.39. The van der Waals surface area contributed by atoms with Crippen molar-refractivity contribution in [1.29, 1.82) is 0 Å². The number of methoxy groups -OCH3 is 1. The fourth-order valence-corrected chi connectivity index (χ4v) is 6.32. The van der Waals surface area contributed by atoms with Gasteiger partial charge in [-0.05, 0) is 26.3 Å². The maximum atomic E-state index is 12.9. The molecule has 0 bridgehead atoms. The lowest BCUT2D eigenvalue weighted by Gasteiger charge is -2.48. The number of aryl methyl sites for hydroxylation is 1. The van der Waals surface area contributed by atoms with Crippen LogP contribution in [0.1, 0.15) is 20.8 Å². The van der Waals surface area contributed by atoms with Gasteiger partial charge in [-0.3, -0.25) is 29.1 Å². The summed E-state index contributed by atoms with van der Waals surface area (Å²) in [5.41, 5.74) is -2.82. The number of hydrogen-bond donors (Lipinski definition) is 1. The Labute approximate surface area is 181 Å². The third-order valence-corrected chi connectivity index (χ3v) is 7.54. The Bertz CT molecular complexity index is 1190. The van der Waals surface area contributed by atoms with Crippen LogP contribution < -0.4 is 11.1 Å². The number of ether oxygens (including phenoxy) is 2. The summed E-state index contributed by atoms with van der Waals surface area (Å²) in [5.74, 6) is -2.09. The topological polar surface area (TPSA) is 158 Å². The van der Waals surface area contributed by atoms with Crippen LogP contribution in [0, 0.1) is 0 Å². The van der Waals surface area contributed by atoms with Crippen LogP contribution in [0.3, 0.4) is 0 Å². The van der Waals surface area contributed by atoms with Crippen LogP contribution in [0.2, 0.25) is 0 Å². The SMILES string of the molecule is CO[C@H]1C(=O)N2C(C(=O)OC(C)(C)C)=C(CSc3nc(=O)c(=O)[nH]n3C)CS(=O)(=O)C12. The number of esters is 1. The predicted octanol–water partition coefficient (Wildman–Crippen LogP) is -1.23. The minimum atomic E-state index is -3.85. The van der Waals surface area contributed by atoms with Crippen LogP contribution in [0.15, 0.2) is 26.0 Å². The first kappa shape index (κ1) is 23.2. The molecule has 2 aliphatic rings. The van der Waals surface area contributed by atoms with Crippen LogP contribution in [0.5, 0.6) is 0 Å². The second-order valence-corrected chi connectivity index (χ2v) is 11.0. The van der Waals surface area contributed by atoms with Crippen molar-refractivity contribution in [3.05, 3.63) is 32.0 Å². The molecule has 2 atom stereocenters. The number of hydrogen-bond acceptors (Lipinski definition) is 10. The molecule has 0 spiro atoms. The fourth-order valence-electron chi connectivity index (χ4n) is 3.23. The molecule has 31 heavy (non-hydrogen) atoms. The maximum absolute atomic E-state index is 12.9. The van der Waals surface area contributed by atoms with E-state index in [0.717, 1.165) is 16.7 Å². The molecule has 1 aromatic rings. The van der Waals surface area contributed by atoms with Gasteiger partial charge in [0, 0.05) is 19.9 Å². The summed E-state index contributed by atoms with van der Waals surface area (Å²) in [6, 6.07) is 0. The number of amides is 1. The molecule has 3 heterocycles. The maximum Gasteiger partial charge on any atom is 0.355 e. The van der Waals surface area contributed by atoms with E-state index in [1.54, 1.807) is 20.8 Å². The average molecular weight is 475 g/mol. The van der Waals surface area contributed by atoms with E-state index in [-0.39, 0.29) is 22.2 Å². The first-order valence-electron chi connectivity index (χ1n) is 9.10. The molecule has 0 saturated carbocycles. The molecule has 0 aromatic carbocycles. The number of nitrogens with one attached hydrogen (secondary N) is 1.